The van der Waals surface area contributed by atoms with Gasteiger partial charge in [-0.05, 0) is 37.6 Å². The van der Waals surface area contributed by atoms with Gasteiger partial charge in [0.1, 0.15) is 0 Å². The van der Waals surface area contributed by atoms with Gasteiger partial charge in [-0.15, -0.1) is 22.7 Å². The van der Waals surface area contributed by atoms with E-state index >= 15 is 0 Å². The van der Waals surface area contributed by atoms with Crippen molar-refractivity contribution in [2.45, 2.75) is 25.3 Å². The Morgan fingerprint density at radius 1 is 1.21 bits per heavy atom. The number of hydrogen-bond acceptors (Lipinski definition) is 5. The third-order valence-corrected chi connectivity index (χ3v) is 7.44. The van der Waals surface area contributed by atoms with E-state index in [0.29, 0.717) is 4.90 Å². The highest BCUT2D eigenvalue weighted by molar-refractivity contribution is 9.10. The summed E-state index contributed by atoms with van der Waals surface area (Å²) >= 11 is 6.37. The highest BCUT2D eigenvalue weighted by Gasteiger charge is 2.21. The third-order valence-electron chi connectivity index (χ3n) is 3.41. The van der Waals surface area contributed by atoms with Crippen molar-refractivity contribution in [3.8, 4) is 10.6 Å². The number of nitrogens with zero attached hydrogens (tertiary/aromatic N) is 1. The van der Waals surface area contributed by atoms with Crippen LogP contribution in [0.4, 0.5) is 0 Å². The van der Waals surface area contributed by atoms with Gasteiger partial charge in [0.15, 0.2) is 0 Å². The van der Waals surface area contributed by atoms with Crippen LogP contribution in [-0.4, -0.2) is 13.4 Å². The lowest BCUT2D eigenvalue weighted by atomic mass is 10.2. The first-order chi connectivity index (χ1) is 11.3. The fourth-order valence-corrected chi connectivity index (χ4v) is 5.71. The minimum absolute atomic E-state index is 0.260. The van der Waals surface area contributed by atoms with Crippen molar-refractivity contribution in [3.63, 3.8) is 0 Å². The van der Waals surface area contributed by atoms with E-state index in [2.05, 4.69) is 25.6 Å². The number of thiophene rings is 1. The lowest BCUT2D eigenvalue weighted by Gasteiger charge is -2.06. The van der Waals surface area contributed by atoms with Crippen LogP contribution in [-0.2, 0) is 16.6 Å². The number of aryl methyl sites for hydroxylation is 2. The smallest absolute Gasteiger partial charge is 0.241 e. The van der Waals surface area contributed by atoms with E-state index < -0.39 is 10.0 Å². The van der Waals surface area contributed by atoms with E-state index in [1.54, 1.807) is 17.4 Å². The average Bonchev–Trinajstić information content (AvgIpc) is 3.13. The van der Waals surface area contributed by atoms with Crippen LogP contribution in [0.15, 0.2) is 45.1 Å². The van der Waals surface area contributed by atoms with Gasteiger partial charge in [-0.2, -0.15) is 0 Å². The van der Waals surface area contributed by atoms with Crippen molar-refractivity contribution in [1.82, 2.24) is 9.71 Å². The molecule has 0 spiro atoms. The van der Waals surface area contributed by atoms with Gasteiger partial charge in [0, 0.05) is 21.3 Å². The molecule has 0 fully saturated rings. The summed E-state index contributed by atoms with van der Waals surface area (Å²) in [5.74, 6) is 0. The Bertz CT molecular complexity index is 960. The number of nitrogens with one attached hydrogen (secondary N) is 1. The molecule has 2 heterocycles. The van der Waals surface area contributed by atoms with Crippen molar-refractivity contribution in [2.75, 3.05) is 0 Å². The Hall–Kier alpha value is -1.06. The summed E-state index contributed by atoms with van der Waals surface area (Å²) in [6, 6.07) is 9.26. The lowest BCUT2D eigenvalue weighted by Crippen LogP contribution is -2.23. The average molecular weight is 443 g/mol. The van der Waals surface area contributed by atoms with Crippen molar-refractivity contribution < 1.29 is 8.42 Å². The predicted molar refractivity (Wildman–Crippen MR) is 103 cm³/mol. The first-order valence-corrected chi connectivity index (χ1v) is 11.1. The van der Waals surface area contributed by atoms with Crippen LogP contribution in [0.3, 0.4) is 0 Å². The van der Waals surface area contributed by atoms with Gasteiger partial charge in [-0.25, -0.2) is 18.1 Å². The van der Waals surface area contributed by atoms with Crippen LogP contribution in [0, 0.1) is 13.8 Å². The van der Waals surface area contributed by atoms with Gasteiger partial charge in [-0.1, -0.05) is 28.1 Å². The molecule has 1 N–H and O–H groups in total. The quantitative estimate of drug-likeness (QED) is 0.620. The summed E-state index contributed by atoms with van der Waals surface area (Å²) in [6.07, 6.45) is 0. The molecule has 0 radical (unpaired) electrons. The Morgan fingerprint density at radius 3 is 2.54 bits per heavy atom. The standard InChI is InChI=1S/C16H15BrN2O2S3/c1-10-16(7-15(23-10)14-9-22-11(2)19-14)24(20,21)18-8-12-3-5-13(17)6-4-12/h3-7,9,18H,8H2,1-2H3. The number of hydrogen-bond donors (Lipinski definition) is 1. The first-order valence-electron chi connectivity index (χ1n) is 7.12. The van der Waals surface area contributed by atoms with Gasteiger partial charge in [0.2, 0.25) is 10.0 Å². The van der Waals surface area contributed by atoms with E-state index in [4.69, 9.17) is 0 Å². The fraction of sp³-hybridized carbons (Fsp3) is 0.188. The first kappa shape index (κ1) is 17.8. The lowest BCUT2D eigenvalue weighted by molar-refractivity contribution is 0.581. The molecule has 0 saturated carbocycles. The van der Waals surface area contributed by atoms with Crippen molar-refractivity contribution in [2.24, 2.45) is 0 Å². The second kappa shape index (κ2) is 7.05. The molecule has 0 unspecified atom stereocenters. The molecule has 0 aliphatic rings. The highest BCUT2D eigenvalue weighted by Crippen LogP contribution is 2.34. The Kier molecular flexibility index (Phi) is 5.22. The number of sulfonamides is 1. The zero-order chi connectivity index (χ0) is 17.3. The van der Waals surface area contributed by atoms with Gasteiger partial charge in [0.05, 0.1) is 20.5 Å². The van der Waals surface area contributed by atoms with E-state index in [0.717, 1.165) is 30.5 Å². The van der Waals surface area contributed by atoms with Crippen LogP contribution >= 0.6 is 38.6 Å². The van der Waals surface area contributed by atoms with Crippen LogP contribution in [0.2, 0.25) is 0 Å². The molecule has 0 saturated heterocycles. The van der Waals surface area contributed by atoms with E-state index in [-0.39, 0.29) is 6.54 Å². The van der Waals surface area contributed by atoms with Crippen molar-refractivity contribution >= 4 is 48.6 Å². The minimum Gasteiger partial charge on any atom is -0.241 e. The van der Waals surface area contributed by atoms with Gasteiger partial charge in [-0.3, -0.25) is 0 Å². The molecular formula is C16H15BrN2O2S3. The number of halogens is 1. The number of benzene rings is 1. The molecule has 126 valence electrons. The molecule has 0 aliphatic carbocycles. The fourth-order valence-electron chi connectivity index (χ4n) is 2.19. The van der Waals surface area contributed by atoms with Gasteiger partial charge in [0.25, 0.3) is 0 Å². The second-order valence-electron chi connectivity index (χ2n) is 5.23. The van der Waals surface area contributed by atoms with E-state index in [1.165, 1.54) is 11.3 Å². The van der Waals surface area contributed by atoms with Crippen molar-refractivity contribution in [3.05, 3.63) is 55.6 Å². The second-order valence-corrected chi connectivity index (χ2v) is 10.2. The molecule has 0 atom stereocenters. The molecule has 3 rings (SSSR count). The number of rotatable bonds is 5. The molecule has 24 heavy (non-hydrogen) atoms. The molecule has 8 heteroatoms. The van der Waals surface area contributed by atoms with Crippen LogP contribution in [0.5, 0.6) is 0 Å². The van der Waals surface area contributed by atoms with E-state index in [9.17, 15) is 8.42 Å². The van der Waals surface area contributed by atoms with Crippen LogP contribution < -0.4 is 4.72 Å². The topological polar surface area (TPSA) is 59.1 Å². The molecule has 1 aromatic carbocycles. The van der Waals surface area contributed by atoms with Gasteiger partial charge < -0.3 is 0 Å². The normalized spacial score (nSPS) is 11.8. The van der Waals surface area contributed by atoms with Crippen molar-refractivity contribution in [1.29, 1.82) is 0 Å². The Labute approximate surface area is 157 Å². The maximum Gasteiger partial charge on any atom is 0.241 e. The Balaban J connectivity index is 1.81. The van der Waals surface area contributed by atoms with E-state index in [1.807, 2.05) is 43.5 Å². The zero-order valence-corrected chi connectivity index (χ0v) is 17.1. The van der Waals surface area contributed by atoms with Crippen LogP contribution in [0.25, 0.3) is 10.6 Å². The third kappa shape index (κ3) is 3.94. The monoisotopic (exact) mass is 442 g/mol. The highest BCUT2D eigenvalue weighted by atomic mass is 79.9. The molecule has 0 amide bonds. The molecule has 2 aromatic heterocycles. The summed E-state index contributed by atoms with van der Waals surface area (Å²) < 4.78 is 28.9. The molecule has 3 aromatic rings. The summed E-state index contributed by atoms with van der Waals surface area (Å²) in [6.45, 7) is 4.02. The predicted octanol–water partition coefficient (Wildman–Crippen LogP) is 4.73. The van der Waals surface area contributed by atoms with Crippen LogP contribution in [0.1, 0.15) is 15.4 Å². The molecule has 0 aliphatic heterocycles. The summed E-state index contributed by atoms with van der Waals surface area (Å²) in [5, 5.41) is 2.92. The number of thiazole rings is 1. The minimum atomic E-state index is -3.56. The molecule has 0 bridgehead atoms. The largest absolute Gasteiger partial charge is 0.241 e. The zero-order valence-electron chi connectivity index (χ0n) is 13.0. The SMILES string of the molecule is Cc1nc(-c2cc(S(=O)(=O)NCc3ccc(Br)cc3)c(C)s2)cs1. The molecular weight excluding hydrogens is 428 g/mol. The van der Waals surface area contributed by atoms with Gasteiger partial charge >= 0.3 is 0 Å². The summed E-state index contributed by atoms with van der Waals surface area (Å²) in [4.78, 5) is 6.39. The number of aromatic nitrogens is 1. The Morgan fingerprint density at radius 2 is 1.92 bits per heavy atom. The summed E-state index contributed by atoms with van der Waals surface area (Å²) in [5.41, 5.74) is 1.74. The molecule has 4 nitrogen and oxygen atoms in total. The maximum atomic E-state index is 12.6. The maximum absolute atomic E-state index is 12.6. The summed E-state index contributed by atoms with van der Waals surface area (Å²) in [7, 11) is -3.56.